The number of aryl methyl sites for hydroxylation is 1. The summed E-state index contributed by atoms with van der Waals surface area (Å²) in [7, 11) is 1.57. The third kappa shape index (κ3) is 2.93. The molecule has 0 radical (unpaired) electrons. The van der Waals surface area contributed by atoms with Gasteiger partial charge in [0.2, 0.25) is 0 Å². The molecule has 1 aromatic heterocycles. The van der Waals surface area contributed by atoms with Gasteiger partial charge in [-0.3, -0.25) is 0 Å². The number of anilines is 1. The number of rotatable bonds is 6. The van der Waals surface area contributed by atoms with E-state index in [4.69, 9.17) is 9.84 Å². The highest BCUT2D eigenvalue weighted by Gasteiger charge is 2.09. The maximum Gasteiger partial charge on any atom is 0.335 e. The van der Waals surface area contributed by atoms with Crippen molar-refractivity contribution in [3.63, 3.8) is 0 Å². The summed E-state index contributed by atoms with van der Waals surface area (Å²) in [6.45, 7) is 3.59. The smallest absolute Gasteiger partial charge is 0.335 e. The summed E-state index contributed by atoms with van der Waals surface area (Å²) < 4.78 is 7.37. The van der Waals surface area contributed by atoms with Crippen LogP contribution in [0.4, 0.5) is 5.69 Å². The summed E-state index contributed by atoms with van der Waals surface area (Å²) >= 11 is 0. The summed E-state index contributed by atoms with van der Waals surface area (Å²) in [5.41, 5.74) is 2.05. The van der Waals surface area contributed by atoms with E-state index in [0.29, 0.717) is 18.0 Å². The molecule has 2 rings (SSSR count). The average molecular weight is 274 g/mol. The fourth-order valence-corrected chi connectivity index (χ4v) is 2.08. The molecule has 5 heteroatoms. The lowest BCUT2D eigenvalue weighted by atomic mass is 10.2. The number of carboxylic acid groups (broad SMARTS) is 1. The zero-order valence-electron chi connectivity index (χ0n) is 11.6. The van der Waals surface area contributed by atoms with E-state index >= 15 is 0 Å². The minimum atomic E-state index is -0.951. The number of methoxy groups -OCH3 is 1. The van der Waals surface area contributed by atoms with Crippen LogP contribution in [-0.2, 0) is 13.1 Å². The predicted molar refractivity (Wildman–Crippen MR) is 77.4 cm³/mol. The van der Waals surface area contributed by atoms with Crippen molar-refractivity contribution in [2.75, 3.05) is 12.4 Å². The Morgan fingerprint density at radius 1 is 1.40 bits per heavy atom. The van der Waals surface area contributed by atoms with E-state index in [-0.39, 0.29) is 5.56 Å². The van der Waals surface area contributed by atoms with Crippen LogP contribution in [-0.4, -0.2) is 22.8 Å². The molecule has 1 heterocycles. The molecule has 0 unspecified atom stereocenters. The summed E-state index contributed by atoms with van der Waals surface area (Å²) in [4.78, 5) is 11.0. The Hall–Kier alpha value is -2.43. The van der Waals surface area contributed by atoms with Crippen molar-refractivity contribution in [3.05, 3.63) is 47.8 Å². The number of nitrogens with one attached hydrogen (secondary N) is 1. The summed E-state index contributed by atoms with van der Waals surface area (Å²) in [6, 6.07) is 8.79. The van der Waals surface area contributed by atoms with Gasteiger partial charge in [0, 0.05) is 18.4 Å². The van der Waals surface area contributed by atoms with Crippen LogP contribution in [0, 0.1) is 0 Å². The number of hydrogen-bond donors (Lipinski definition) is 2. The van der Waals surface area contributed by atoms with Crippen molar-refractivity contribution < 1.29 is 14.6 Å². The first-order chi connectivity index (χ1) is 9.65. The Labute approximate surface area is 117 Å². The quantitative estimate of drug-likeness (QED) is 0.850. The van der Waals surface area contributed by atoms with Crippen molar-refractivity contribution in [2.45, 2.75) is 20.0 Å². The number of carboxylic acids is 1. The van der Waals surface area contributed by atoms with Crippen molar-refractivity contribution in [3.8, 4) is 5.75 Å². The minimum absolute atomic E-state index is 0.235. The van der Waals surface area contributed by atoms with Crippen molar-refractivity contribution in [1.29, 1.82) is 0 Å². The van der Waals surface area contributed by atoms with Crippen LogP contribution in [0.25, 0.3) is 0 Å². The molecular formula is C15H18N2O3. The fraction of sp³-hybridized carbons (Fsp3) is 0.267. The maximum absolute atomic E-state index is 11.0. The van der Waals surface area contributed by atoms with Gasteiger partial charge < -0.3 is 19.7 Å². The van der Waals surface area contributed by atoms with E-state index in [9.17, 15) is 4.79 Å². The van der Waals surface area contributed by atoms with E-state index in [0.717, 1.165) is 12.2 Å². The lowest BCUT2D eigenvalue weighted by Gasteiger charge is -2.13. The van der Waals surface area contributed by atoms with E-state index < -0.39 is 5.97 Å². The lowest BCUT2D eigenvalue weighted by Crippen LogP contribution is -2.08. The van der Waals surface area contributed by atoms with Crippen LogP contribution in [0.5, 0.6) is 5.75 Å². The highest BCUT2D eigenvalue weighted by Crippen LogP contribution is 2.26. The van der Waals surface area contributed by atoms with Crippen LogP contribution in [0.2, 0.25) is 0 Å². The molecule has 0 saturated carbocycles. The molecule has 106 valence electrons. The Kier molecular flexibility index (Phi) is 4.30. The van der Waals surface area contributed by atoms with Gasteiger partial charge in [0.05, 0.1) is 24.9 Å². The van der Waals surface area contributed by atoms with Gasteiger partial charge >= 0.3 is 5.97 Å². The highest BCUT2D eigenvalue weighted by atomic mass is 16.5. The Morgan fingerprint density at radius 3 is 2.85 bits per heavy atom. The summed E-state index contributed by atoms with van der Waals surface area (Å²) in [6.07, 6.45) is 2.02. The topological polar surface area (TPSA) is 63.5 Å². The van der Waals surface area contributed by atoms with Crippen LogP contribution in [0.1, 0.15) is 23.0 Å². The second-order valence-corrected chi connectivity index (χ2v) is 4.36. The lowest BCUT2D eigenvalue weighted by molar-refractivity contribution is 0.0697. The second kappa shape index (κ2) is 6.14. The highest BCUT2D eigenvalue weighted by molar-refractivity contribution is 5.89. The molecule has 20 heavy (non-hydrogen) atoms. The predicted octanol–water partition coefficient (Wildman–Crippen LogP) is 2.83. The van der Waals surface area contributed by atoms with Gasteiger partial charge in [-0.1, -0.05) is 0 Å². The first-order valence-electron chi connectivity index (χ1n) is 6.45. The number of ether oxygens (including phenoxy) is 1. The molecule has 0 atom stereocenters. The van der Waals surface area contributed by atoms with E-state index in [1.54, 1.807) is 19.2 Å². The number of carbonyl (C=O) groups is 1. The largest absolute Gasteiger partial charge is 0.495 e. The van der Waals surface area contributed by atoms with E-state index in [2.05, 4.69) is 16.8 Å². The van der Waals surface area contributed by atoms with Crippen LogP contribution < -0.4 is 10.1 Å². The molecule has 0 saturated heterocycles. The molecule has 0 fully saturated rings. The maximum atomic E-state index is 11.0. The van der Waals surface area contributed by atoms with Crippen molar-refractivity contribution in [1.82, 2.24) is 4.57 Å². The number of hydrogen-bond acceptors (Lipinski definition) is 3. The molecule has 0 aliphatic carbocycles. The van der Waals surface area contributed by atoms with Crippen LogP contribution in [0.3, 0.4) is 0 Å². The second-order valence-electron chi connectivity index (χ2n) is 4.36. The summed E-state index contributed by atoms with van der Waals surface area (Å²) in [5, 5.41) is 12.3. The zero-order chi connectivity index (χ0) is 14.5. The number of aromatic nitrogens is 1. The Morgan fingerprint density at radius 2 is 2.20 bits per heavy atom. The molecule has 2 N–H and O–H groups in total. The SMILES string of the molecule is CCn1cccc1CNc1cc(C(=O)O)ccc1OC. The fourth-order valence-electron chi connectivity index (χ4n) is 2.08. The minimum Gasteiger partial charge on any atom is -0.495 e. The first kappa shape index (κ1) is 14.0. The number of nitrogens with zero attached hydrogens (tertiary/aromatic N) is 1. The normalized spacial score (nSPS) is 10.3. The number of benzene rings is 1. The Balaban J connectivity index is 2.19. The third-order valence-electron chi connectivity index (χ3n) is 3.17. The van der Waals surface area contributed by atoms with Gasteiger partial charge in [0.15, 0.2) is 0 Å². The van der Waals surface area contributed by atoms with Crippen LogP contribution in [0.15, 0.2) is 36.5 Å². The molecule has 5 nitrogen and oxygen atoms in total. The molecule has 0 bridgehead atoms. The van der Waals surface area contributed by atoms with Gasteiger partial charge in [-0.15, -0.1) is 0 Å². The first-order valence-corrected chi connectivity index (χ1v) is 6.45. The van der Waals surface area contributed by atoms with Crippen molar-refractivity contribution >= 4 is 11.7 Å². The van der Waals surface area contributed by atoms with Gasteiger partial charge in [-0.25, -0.2) is 4.79 Å². The van der Waals surface area contributed by atoms with Gasteiger partial charge in [-0.05, 0) is 37.3 Å². The van der Waals surface area contributed by atoms with Gasteiger partial charge in [0.1, 0.15) is 5.75 Å². The zero-order valence-corrected chi connectivity index (χ0v) is 11.6. The van der Waals surface area contributed by atoms with E-state index in [1.165, 1.54) is 6.07 Å². The molecule has 1 aromatic carbocycles. The summed E-state index contributed by atoms with van der Waals surface area (Å²) in [5.74, 6) is -0.322. The monoisotopic (exact) mass is 274 g/mol. The average Bonchev–Trinajstić information content (AvgIpc) is 2.92. The number of aromatic carboxylic acids is 1. The Bertz CT molecular complexity index is 605. The van der Waals surface area contributed by atoms with Gasteiger partial charge in [0.25, 0.3) is 0 Å². The van der Waals surface area contributed by atoms with Crippen LogP contribution >= 0.6 is 0 Å². The van der Waals surface area contributed by atoms with E-state index in [1.807, 2.05) is 18.3 Å². The molecule has 0 amide bonds. The van der Waals surface area contributed by atoms with Gasteiger partial charge in [-0.2, -0.15) is 0 Å². The molecule has 0 aliphatic heterocycles. The van der Waals surface area contributed by atoms with Crippen molar-refractivity contribution in [2.24, 2.45) is 0 Å². The molecule has 0 aliphatic rings. The molecular weight excluding hydrogens is 256 g/mol. The molecule has 0 spiro atoms. The third-order valence-corrected chi connectivity index (χ3v) is 3.17. The molecule has 2 aromatic rings. The standard InChI is InChI=1S/C15H18N2O3/c1-3-17-8-4-5-12(17)10-16-13-9-11(15(18)19)6-7-14(13)20-2/h4-9,16H,3,10H2,1-2H3,(H,18,19).